The highest BCUT2D eigenvalue weighted by atomic mass is 32.1. The summed E-state index contributed by atoms with van der Waals surface area (Å²) in [5, 5.41) is 0. The summed E-state index contributed by atoms with van der Waals surface area (Å²) in [6.45, 7) is 0. The quantitative estimate of drug-likeness (QED) is 0.384. The summed E-state index contributed by atoms with van der Waals surface area (Å²) >= 11 is 3.72. The van der Waals surface area contributed by atoms with E-state index in [4.69, 9.17) is 0 Å². The van der Waals surface area contributed by atoms with Crippen molar-refractivity contribution in [3.8, 4) is 0 Å². The Morgan fingerprint density at radius 2 is 2.18 bits per heavy atom. The van der Waals surface area contributed by atoms with Crippen molar-refractivity contribution in [2.24, 2.45) is 0 Å². The van der Waals surface area contributed by atoms with Gasteiger partial charge in [0, 0.05) is 12.4 Å². The zero-order valence-corrected chi connectivity index (χ0v) is 6.40. The second-order valence-corrected chi connectivity index (χ2v) is 2.07. The van der Waals surface area contributed by atoms with E-state index in [0.29, 0.717) is 12.4 Å². The minimum Gasteiger partial charge on any atom is -0.276 e. The van der Waals surface area contributed by atoms with Crippen molar-refractivity contribution in [2.75, 3.05) is 5.43 Å². The molecule has 0 spiro atoms. The second-order valence-electron chi connectivity index (χ2n) is 1.63. The molecule has 0 aromatic carbocycles. The van der Waals surface area contributed by atoms with Gasteiger partial charge in [-0.15, -0.1) is 0 Å². The van der Waals surface area contributed by atoms with Crippen LogP contribution in [0.25, 0.3) is 0 Å². The number of carbonyl (C=O) groups excluding carboxylic acids is 1. The fourth-order valence-corrected chi connectivity index (χ4v) is 0.575. The highest BCUT2D eigenvalue weighted by Gasteiger charge is 1.95. The molecule has 6 heteroatoms. The van der Waals surface area contributed by atoms with Gasteiger partial charge in [-0.3, -0.25) is 10.2 Å². The molecular weight excluding hydrogens is 164 g/mol. The molecule has 58 valence electrons. The van der Waals surface area contributed by atoms with Crippen LogP contribution in [0.15, 0.2) is 18.5 Å². The maximum atomic E-state index is 10.0. The number of anilines is 1. The van der Waals surface area contributed by atoms with Crippen LogP contribution in [-0.4, -0.2) is 20.8 Å². The summed E-state index contributed by atoms with van der Waals surface area (Å²) in [6, 6.07) is 1.68. The molecule has 0 fully saturated rings. The SMILES string of the molecule is O=CN(S)Nc1ncccn1. The first-order valence-electron chi connectivity index (χ1n) is 2.80. The monoisotopic (exact) mass is 170 g/mol. The summed E-state index contributed by atoms with van der Waals surface area (Å²) in [5.41, 5.74) is 2.50. The van der Waals surface area contributed by atoms with Crippen LogP contribution in [0.3, 0.4) is 0 Å². The molecule has 1 N–H and O–H groups in total. The highest BCUT2D eigenvalue weighted by Crippen LogP contribution is 1.96. The normalized spacial score (nSPS) is 8.82. The molecule has 0 saturated carbocycles. The van der Waals surface area contributed by atoms with E-state index in [1.165, 1.54) is 0 Å². The Labute approximate surface area is 69.0 Å². The summed E-state index contributed by atoms with van der Waals surface area (Å²) in [6.07, 6.45) is 3.61. The molecule has 11 heavy (non-hydrogen) atoms. The smallest absolute Gasteiger partial charge is 0.242 e. The van der Waals surface area contributed by atoms with Crippen LogP contribution in [0.1, 0.15) is 0 Å². The van der Waals surface area contributed by atoms with E-state index in [-0.39, 0.29) is 0 Å². The largest absolute Gasteiger partial charge is 0.276 e. The number of nitrogens with one attached hydrogen (secondary N) is 1. The number of amides is 1. The Bertz CT molecular complexity index is 229. The molecular formula is C5H6N4OS. The Hall–Kier alpha value is -1.30. The lowest BCUT2D eigenvalue weighted by Gasteiger charge is -2.08. The lowest BCUT2D eigenvalue weighted by Crippen LogP contribution is -2.18. The van der Waals surface area contributed by atoms with E-state index in [1.54, 1.807) is 18.5 Å². The summed E-state index contributed by atoms with van der Waals surface area (Å²) in [4.78, 5) is 17.6. The third-order valence-corrected chi connectivity index (χ3v) is 1.07. The lowest BCUT2D eigenvalue weighted by molar-refractivity contribution is -0.113. The molecule has 0 saturated heterocycles. The molecule has 1 rings (SSSR count). The van der Waals surface area contributed by atoms with Crippen LogP contribution in [0.5, 0.6) is 0 Å². The van der Waals surface area contributed by atoms with Crippen LogP contribution in [-0.2, 0) is 4.79 Å². The maximum Gasteiger partial charge on any atom is 0.242 e. The van der Waals surface area contributed by atoms with Gasteiger partial charge in [-0.2, -0.15) is 4.41 Å². The first-order valence-corrected chi connectivity index (χ1v) is 3.20. The Balaban J connectivity index is 2.57. The van der Waals surface area contributed by atoms with Gasteiger partial charge in [0.25, 0.3) is 0 Å². The molecule has 0 unspecified atom stereocenters. The topological polar surface area (TPSA) is 58.1 Å². The molecule has 1 amide bonds. The molecule has 0 aliphatic carbocycles. The molecule has 0 aliphatic rings. The molecule has 1 aromatic heterocycles. The number of aromatic nitrogens is 2. The van der Waals surface area contributed by atoms with E-state index < -0.39 is 0 Å². The molecule has 0 atom stereocenters. The predicted molar refractivity (Wildman–Crippen MR) is 42.5 cm³/mol. The molecule has 0 radical (unpaired) electrons. The highest BCUT2D eigenvalue weighted by molar-refractivity contribution is 7.78. The van der Waals surface area contributed by atoms with Gasteiger partial charge in [-0.05, 0) is 18.9 Å². The van der Waals surface area contributed by atoms with Gasteiger partial charge in [0.2, 0.25) is 12.4 Å². The molecule has 1 heterocycles. The zero-order valence-electron chi connectivity index (χ0n) is 5.51. The number of nitrogens with zero attached hydrogens (tertiary/aromatic N) is 3. The van der Waals surface area contributed by atoms with Crippen molar-refractivity contribution < 1.29 is 4.79 Å². The number of hydrazine groups is 1. The lowest BCUT2D eigenvalue weighted by atomic mass is 10.7. The average Bonchev–Trinajstić information content (AvgIpc) is 2.06. The Morgan fingerprint density at radius 3 is 2.73 bits per heavy atom. The number of carbonyl (C=O) groups is 1. The van der Waals surface area contributed by atoms with Gasteiger partial charge in [-0.25, -0.2) is 9.97 Å². The van der Waals surface area contributed by atoms with Crippen molar-refractivity contribution in [1.82, 2.24) is 14.4 Å². The summed E-state index contributed by atoms with van der Waals surface area (Å²) < 4.78 is 0.926. The van der Waals surface area contributed by atoms with Crippen molar-refractivity contribution >= 4 is 25.2 Å². The van der Waals surface area contributed by atoms with Gasteiger partial charge in [0.1, 0.15) is 0 Å². The minimum atomic E-state index is 0.328. The molecule has 5 nitrogen and oxygen atoms in total. The fourth-order valence-electron chi connectivity index (χ4n) is 0.486. The Morgan fingerprint density at radius 1 is 1.55 bits per heavy atom. The summed E-state index contributed by atoms with van der Waals surface area (Å²) in [5.74, 6) is 0.328. The zero-order chi connectivity index (χ0) is 8.10. The van der Waals surface area contributed by atoms with Gasteiger partial charge in [0.05, 0.1) is 0 Å². The third-order valence-electron chi connectivity index (χ3n) is 0.880. The minimum absolute atomic E-state index is 0.328. The Kier molecular flexibility index (Phi) is 2.67. The van der Waals surface area contributed by atoms with Crippen LogP contribution >= 0.6 is 12.8 Å². The summed E-state index contributed by atoms with van der Waals surface area (Å²) in [7, 11) is 0. The number of rotatable bonds is 3. The van der Waals surface area contributed by atoms with E-state index in [1.807, 2.05) is 0 Å². The first-order chi connectivity index (χ1) is 5.33. The van der Waals surface area contributed by atoms with E-state index >= 15 is 0 Å². The van der Waals surface area contributed by atoms with Gasteiger partial charge in [0.15, 0.2) is 0 Å². The molecule has 0 aliphatic heterocycles. The van der Waals surface area contributed by atoms with Crippen LogP contribution in [0.4, 0.5) is 5.95 Å². The number of thiol groups is 1. The third kappa shape index (κ3) is 2.42. The maximum absolute atomic E-state index is 10.0. The fraction of sp³-hybridized carbons (Fsp3) is 0. The predicted octanol–water partition coefficient (Wildman–Crippen LogP) is 0.107. The second kappa shape index (κ2) is 3.77. The van der Waals surface area contributed by atoms with E-state index in [2.05, 4.69) is 28.2 Å². The van der Waals surface area contributed by atoms with Crippen molar-refractivity contribution in [1.29, 1.82) is 0 Å². The van der Waals surface area contributed by atoms with Gasteiger partial charge >= 0.3 is 0 Å². The van der Waals surface area contributed by atoms with Crippen molar-refractivity contribution in [3.63, 3.8) is 0 Å². The van der Waals surface area contributed by atoms with Crippen LogP contribution in [0.2, 0.25) is 0 Å². The average molecular weight is 170 g/mol. The van der Waals surface area contributed by atoms with Gasteiger partial charge < -0.3 is 0 Å². The first kappa shape index (κ1) is 7.80. The van der Waals surface area contributed by atoms with Crippen molar-refractivity contribution in [3.05, 3.63) is 18.5 Å². The number of hydrogen-bond donors (Lipinski definition) is 2. The van der Waals surface area contributed by atoms with Crippen LogP contribution in [0, 0.1) is 0 Å². The van der Waals surface area contributed by atoms with Crippen molar-refractivity contribution in [2.45, 2.75) is 0 Å². The number of hydrogen-bond acceptors (Lipinski definition) is 5. The van der Waals surface area contributed by atoms with E-state index in [0.717, 1.165) is 4.41 Å². The van der Waals surface area contributed by atoms with Crippen LogP contribution < -0.4 is 5.43 Å². The molecule has 1 aromatic rings. The molecule has 0 bridgehead atoms. The standard InChI is InChI=1S/C5H6N4OS/c10-4-9(11)8-5-6-2-1-3-7-5/h1-4,11H,(H,6,7,8). The van der Waals surface area contributed by atoms with E-state index in [9.17, 15) is 4.79 Å². The van der Waals surface area contributed by atoms with Gasteiger partial charge in [-0.1, -0.05) is 0 Å².